The Balaban J connectivity index is 1.43. The lowest BCUT2D eigenvalue weighted by molar-refractivity contribution is 0.0822. The van der Waals surface area contributed by atoms with Gasteiger partial charge in [0, 0.05) is 49.8 Å². The molecule has 1 saturated heterocycles. The molecule has 2 heterocycles. The molecule has 4 rings (SSSR count). The number of amides is 1. The SMILES string of the molecule is COc1ccc(CN2CCC3(CC2)NC(=O)c2ccccc2N3)c(OC)c1. The van der Waals surface area contributed by atoms with Gasteiger partial charge in [0.25, 0.3) is 5.91 Å². The van der Waals surface area contributed by atoms with E-state index in [1.165, 1.54) is 0 Å². The van der Waals surface area contributed by atoms with E-state index in [1.54, 1.807) is 14.2 Å². The van der Waals surface area contributed by atoms with Crippen LogP contribution in [0.5, 0.6) is 11.5 Å². The monoisotopic (exact) mass is 367 g/mol. The summed E-state index contributed by atoms with van der Waals surface area (Å²) in [6, 6.07) is 13.6. The summed E-state index contributed by atoms with van der Waals surface area (Å²) in [7, 11) is 3.34. The van der Waals surface area contributed by atoms with Crippen LogP contribution in [0.4, 0.5) is 5.69 Å². The molecule has 0 aliphatic carbocycles. The summed E-state index contributed by atoms with van der Waals surface area (Å²) in [4.78, 5) is 14.9. The average Bonchev–Trinajstić information content (AvgIpc) is 2.70. The van der Waals surface area contributed by atoms with Crippen LogP contribution in [-0.4, -0.2) is 43.8 Å². The molecular formula is C21H25N3O3. The highest BCUT2D eigenvalue weighted by Crippen LogP contribution is 2.32. The fourth-order valence-electron chi connectivity index (χ4n) is 3.93. The Labute approximate surface area is 159 Å². The number of benzene rings is 2. The van der Waals surface area contributed by atoms with E-state index >= 15 is 0 Å². The topological polar surface area (TPSA) is 62.8 Å². The van der Waals surface area contributed by atoms with Crippen molar-refractivity contribution in [3.63, 3.8) is 0 Å². The van der Waals surface area contributed by atoms with Gasteiger partial charge in [0.05, 0.1) is 19.8 Å². The molecule has 1 spiro atoms. The Bertz CT molecular complexity index is 844. The van der Waals surface area contributed by atoms with E-state index in [9.17, 15) is 4.79 Å². The number of nitrogens with zero attached hydrogens (tertiary/aromatic N) is 1. The molecule has 2 N–H and O–H groups in total. The summed E-state index contributed by atoms with van der Waals surface area (Å²) in [5.74, 6) is 1.64. The maximum atomic E-state index is 12.5. The zero-order valence-electron chi connectivity index (χ0n) is 15.7. The number of fused-ring (bicyclic) bond motifs is 1. The molecule has 6 heteroatoms. The van der Waals surface area contributed by atoms with Crippen LogP contribution < -0.4 is 20.1 Å². The molecule has 0 unspecified atom stereocenters. The van der Waals surface area contributed by atoms with Gasteiger partial charge < -0.3 is 20.1 Å². The molecule has 0 radical (unpaired) electrons. The molecule has 0 saturated carbocycles. The van der Waals surface area contributed by atoms with Crippen LogP contribution in [0, 0.1) is 0 Å². The van der Waals surface area contributed by atoms with Crippen molar-refractivity contribution < 1.29 is 14.3 Å². The molecule has 0 aromatic heterocycles. The molecule has 6 nitrogen and oxygen atoms in total. The summed E-state index contributed by atoms with van der Waals surface area (Å²) < 4.78 is 10.8. The maximum Gasteiger partial charge on any atom is 0.255 e. The van der Waals surface area contributed by atoms with Crippen molar-refractivity contribution in [3.05, 3.63) is 53.6 Å². The fraction of sp³-hybridized carbons (Fsp3) is 0.381. The minimum Gasteiger partial charge on any atom is -0.497 e. The van der Waals surface area contributed by atoms with Crippen LogP contribution in [-0.2, 0) is 6.54 Å². The number of likely N-dealkylation sites (tertiary alicyclic amines) is 1. The predicted molar refractivity (Wildman–Crippen MR) is 104 cm³/mol. The fourth-order valence-corrected chi connectivity index (χ4v) is 3.93. The number of para-hydroxylation sites is 1. The first-order chi connectivity index (χ1) is 13.1. The van der Waals surface area contributed by atoms with E-state index in [0.29, 0.717) is 5.56 Å². The van der Waals surface area contributed by atoms with E-state index in [1.807, 2.05) is 36.4 Å². The number of hydrogen-bond acceptors (Lipinski definition) is 5. The van der Waals surface area contributed by atoms with Gasteiger partial charge in [0.1, 0.15) is 17.2 Å². The molecule has 2 aliphatic heterocycles. The summed E-state index contributed by atoms with van der Waals surface area (Å²) in [6.45, 7) is 2.60. The van der Waals surface area contributed by atoms with Crippen molar-refractivity contribution in [1.29, 1.82) is 0 Å². The first-order valence-electron chi connectivity index (χ1n) is 9.25. The van der Waals surface area contributed by atoms with Crippen molar-refractivity contribution in [1.82, 2.24) is 10.2 Å². The number of carbonyl (C=O) groups is 1. The Morgan fingerprint density at radius 2 is 1.81 bits per heavy atom. The van der Waals surface area contributed by atoms with E-state index in [2.05, 4.69) is 21.6 Å². The van der Waals surface area contributed by atoms with Crippen LogP contribution in [0.1, 0.15) is 28.8 Å². The van der Waals surface area contributed by atoms with Crippen LogP contribution >= 0.6 is 0 Å². The number of carbonyl (C=O) groups excluding carboxylic acids is 1. The lowest BCUT2D eigenvalue weighted by atomic mass is 9.92. The summed E-state index contributed by atoms with van der Waals surface area (Å²) >= 11 is 0. The van der Waals surface area contributed by atoms with E-state index in [-0.39, 0.29) is 11.6 Å². The number of piperidine rings is 1. The number of methoxy groups -OCH3 is 2. The van der Waals surface area contributed by atoms with Crippen LogP contribution in [0.3, 0.4) is 0 Å². The van der Waals surface area contributed by atoms with Crippen LogP contribution in [0.15, 0.2) is 42.5 Å². The smallest absolute Gasteiger partial charge is 0.255 e. The highest BCUT2D eigenvalue weighted by atomic mass is 16.5. The highest BCUT2D eigenvalue weighted by molar-refractivity contribution is 6.02. The quantitative estimate of drug-likeness (QED) is 0.870. The zero-order valence-corrected chi connectivity index (χ0v) is 15.7. The van der Waals surface area contributed by atoms with Crippen LogP contribution in [0.25, 0.3) is 0 Å². The van der Waals surface area contributed by atoms with E-state index in [0.717, 1.165) is 55.2 Å². The van der Waals surface area contributed by atoms with Crippen molar-refractivity contribution in [2.75, 3.05) is 32.6 Å². The van der Waals surface area contributed by atoms with E-state index in [4.69, 9.17) is 9.47 Å². The first-order valence-corrected chi connectivity index (χ1v) is 9.25. The lowest BCUT2D eigenvalue weighted by Crippen LogP contribution is -2.62. The van der Waals surface area contributed by atoms with Gasteiger partial charge in [-0.1, -0.05) is 18.2 Å². The third-order valence-electron chi connectivity index (χ3n) is 5.50. The largest absolute Gasteiger partial charge is 0.497 e. The second kappa shape index (κ2) is 7.12. The van der Waals surface area contributed by atoms with Crippen LogP contribution in [0.2, 0.25) is 0 Å². The normalized spacial score (nSPS) is 18.4. The molecule has 2 aromatic carbocycles. The Morgan fingerprint density at radius 3 is 2.56 bits per heavy atom. The van der Waals surface area contributed by atoms with Gasteiger partial charge in [-0.15, -0.1) is 0 Å². The molecule has 0 bridgehead atoms. The summed E-state index contributed by atoms with van der Waals surface area (Å²) in [5.41, 5.74) is 2.42. The number of anilines is 1. The second-order valence-electron chi connectivity index (χ2n) is 7.16. The molecule has 2 aromatic rings. The lowest BCUT2D eigenvalue weighted by Gasteiger charge is -2.46. The average molecular weight is 367 g/mol. The van der Waals surface area contributed by atoms with Gasteiger partial charge in [0.15, 0.2) is 0 Å². The minimum atomic E-state index is -0.355. The highest BCUT2D eigenvalue weighted by Gasteiger charge is 2.40. The van der Waals surface area contributed by atoms with Crippen molar-refractivity contribution in [2.24, 2.45) is 0 Å². The van der Waals surface area contributed by atoms with Gasteiger partial charge >= 0.3 is 0 Å². The molecule has 1 amide bonds. The van der Waals surface area contributed by atoms with Crippen molar-refractivity contribution in [2.45, 2.75) is 25.0 Å². The van der Waals surface area contributed by atoms with Gasteiger partial charge in [-0.05, 0) is 18.2 Å². The number of hydrogen-bond donors (Lipinski definition) is 2. The molecule has 142 valence electrons. The molecule has 27 heavy (non-hydrogen) atoms. The second-order valence-corrected chi connectivity index (χ2v) is 7.16. The molecular weight excluding hydrogens is 342 g/mol. The Kier molecular flexibility index (Phi) is 4.66. The number of rotatable bonds is 4. The van der Waals surface area contributed by atoms with Crippen molar-refractivity contribution >= 4 is 11.6 Å². The predicted octanol–water partition coefficient (Wildman–Crippen LogP) is 2.85. The third kappa shape index (κ3) is 3.45. The Morgan fingerprint density at radius 1 is 1.04 bits per heavy atom. The molecule has 1 fully saturated rings. The van der Waals surface area contributed by atoms with Gasteiger partial charge in [-0.3, -0.25) is 9.69 Å². The maximum absolute atomic E-state index is 12.5. The Hall–Kier alpha value is -2.73. The van der Waals surface area contributed by atoms with Gasteiger partial charge in [-0.25, -0.2) is 0 Å². The van der Waals surface area contributed by atoms with Gasteiger partial charge in [0.2, 0.25) is 0 Å². The molecule has 0 atom stereocenters. The standard InChI is InChI=1S/C21H25N3O3/c1-26-16-8-7-15(19(13-16)27-2)14-24-11-9-21(10-12-24)22-18-6-4-3-5-17(18)20(25)23-21/h3-8,13,22H,9-12,14H2,1-2H3,(H,23,25). The van der Waals surface area contributed by atoms with Gasteiger partial charge in [-0.2, -0.15) is 0 Å². The minimum absolute atomic E-state index is 0.00891. The molecule has 2 aliphatic rings. The zero-order chi connectivity index (χ0) is 18.9. The summed E-state index contributed by atoms with van der Waals surface area (Å²) in [6.07, 6.45) is 1.71. The summed E-state index contributed by atoms with van der Waals surface area (Å²) in [5, 5.41) is 6.76. The first kappa shape index (κ1) is 17.7. The van der Waals surface area contributed by atoms with Crippen molar-refractivity contribution in [3.8, 4) is 11.5 Å². The van der Waals surface area contributed by atoms with E-state index < -0.39 is 0 Å². The number of ether oxygens (including phenoxy) is 2. The third-order valence-corrected chi connectivity index (χ3v) is 5.50. The number of nitrogens with one attached hydrogen (secondary N) is 2.